The maximum atomic E-state index is 4.86. The van der Waals surface area contributed by atoms with Crippen molar-refractivity contribution in [2.24, 2.45) is 5.92 Å². The third-order valence-corrected chi connectivity index (χ3v) is 5.29. The van der Waals surface area contributed by atoms with Gasteiger partial charge in [0.25, 0.3) is 0 Å². The van der Waals surface area contributed by atoms with Gasteiger partial charge in [-0.1, -0.05) is 54.6 Å². The SMILES string of the molecule is Cc1cc(C)n(C(C(c2ccccc2)C2C=CC=C2)n2nc(C)cc2C)n1. The maximum absolute atomic E-state index is 4.86. The number of hydrogen-bond acceptors (Lipinski definition) is 2. The van der Waals surface area contributed by atoms with Crippen molar-refractivity contribution >= 4 is 0 Å². The van der Waals surface area contributed by atoms with E-state index >= 15 is 0 Å². The van der Waals surface area contributed by atoms with Gasteiger partial charge in [-0.2, -0.15) is 10.2 Å². The highest BCUT2D eigenvalue weighted by Gasteiger charge is 2.34. The fourth-order valence-electron chi connectivity index (χ4n) is 4.19. The van der Waals surface area contributed by atoms with Crippen LogP contribution in [0.25, 0.3) is 0 Å². The van der Waals surface area contributed by atoms with Gasteiger partial charge in [0, 0.05) is 23.2 Å². The molecule has 0 bridgehead atoms. The van der Waals surface area contributed by atoms with Crippen LogP contribution in [0.15, 0.2) is 66.8 Å². The van der Waals surface area contributed by atoms with E-state index in [2.05, 4.69) is 104 Å². The molecule has 1 aliphatic carbocycles. The van der Waals surface area contributed by atoms with Crippen molar-refractivity contribution in [1.82, 2.24) is 19.6 Å². The van der Waals surface area contributed by atoms with Gasteiger partial charge >= 0.3 is 0 Å². The van der Waals surface area contributed by atoms with E-state index in [0.717, 1.165) is 22.8 Å². The van der Waals surface area contributed by atoms with Crippen LogP contribution in [0.2, 0.25) is 0 Å². The maximum Gasteiger partial charge on any atom is 0.151 e. The number of allylic oxidation sites excluding steroid dienone is 4. The van der Waals surface area contributed by atoms with Crippen LogP contribution in [-0.2, 0) is 0 Å². The third kappa shape index (κ3) is 3.27. The van der Waals surface area contributed by atoms with Crippen molar-refractivity contribution in [2.45, 2.75) is 39.8 Å². The largest absolute Gasteiger partial charge is 0.244 e. The van der Waals surface area contributed by atoms with E-state index in [-0.39, 0.29) is 12.1 Å². The second kappa shape index (κ2) is 7.03. The first-order valence-electron chi connectivity index (χ1n) is 9.50. The van der Waals surface area contributed by atoms with Gasteiger partial charge in [-0.3, -0.25) is 0 Å². The summed E-state index contributed by atoms with van der Waals surface area (Å²) in [5.41, 5.74) is 5.66. The molecule has 1 atom stereocenters. The van der Waals surface area contributed by atoms with Crippen LogP contribution < -0.4 is 0 Å². The molecule has 0 saturated carbocycles. The molecule has 0 fully saturated rings. The summed E-state index contributed by atoms with van der Waals surface area (Å²) in [5, 5.41) is 9.73. The van der Waals surface area contributed by atoms with E-state index < -0.39 is 0 Å². The van der Waals surface area contributed by atoms with Crippen LogP contribution in [0.3, 0.4) is 0 Å². The highest BCUT2D eigenvalue weighted by atomic mass is 15.5. The summed E-state index contributed by atoms with van der Waals surface area (Å²) in [5.74, 6) is 0.488. The molecule has 138 valence electrons. The molecule has 0 spiro atoms. The van der Waals surface area contributed by atoms with Crippen molar-refractivity contribution in [3.8, 4) is 0 Å². The minimum atomic E-state index is -0.0350. The standard InChI is InChI=1S/C23H26N4/c1-16-14-18(3)26(24-16)23(27-19(4)15-17(2)25-27)22(21-12-8-9-13-21)20-10-6-5-7-11-20/h5-15,21-23H,1-4H3. The van der Waals surface area contributed by atoms with E-state index in [4.69, 9.17) is 10.2 Å². The van der Waals surface area contributed by atoms with Crippen molar-refractivity contribution in [1.29, 1.82) is 0 Å². The van der Waals surface area contributed by atoms with E-state index in [1.54, 1.807) is 0 Å². The molecular formula is C23H26N4. The topological polar surface area (TPSA) is 35.6 Å². The Labute approximate surface area is 160 Å². The second-order valence-electron chi connectivity index (χ2n) is 7.44. The molecular weight excluding hydrogens is 332 g/mol. The zero-order valence-corrected chi connectivity index (χ0v) is 16.4. The first-order valence-corrected chi connectivity index (χ1v) is 9.50. The van der Waals surface area contributed by atoms with Crippen LogP contribution in [0.5, 0.6) is 0 Å². The highest BCUT2D eigenvalue weighted by molar-refractivity contribution is 5.30. The van der Waals surface area contributed by atoms with Crippen LogP contribution in [-0.4, -0.2) is 19.6 Å². The van der Waals surface area contributed by atoms with Gasteiger partial charge in [0.1, 0.15) is 0 Å². The Bertz CT molecular complexity index is 933. The smallest absolute Gasteiger partial charge is 0.151 e. The first kappa shape index (κ1) is 17.5. The molecule has 1 aromatic carbocycles. The quantitative estimate of drug-likeness (QED) is 0.651. The normalized spacial score (nSPS) is 15.1. The molecule has 0 amide bonds. The molecule has 1 aliphatic rings. The molecule has 0 saturated heterocycles. The van der Waals surface area contributed by atoms with Gasteiger partial charge in [-0.05, 0) is 45.4 Å². The van der Waals surface area contributed by atoms with E-state index in [0.29, 0.717) is 5.92 Å². The van der Waals surface area contributed by atoms with E-state index in [1.807, 2.05) is 0 Å². The monoisotopic (exact) mass is 358 g/mol. The first-order chi connectivity index (χ1) is 13.0. The van der Waals surface area contributed by atoms with E-state index in [1.165, 1.54) is 5.56 Å². The van der Waals surface area contributed by atoms with Gasteiger partial charge in [0.2, 0.25) is 0 Å². The summed E-state index contributed by atoms with van der Waals surface area (Å²) < 4.78 is 4.29. The molecule has 1 unspecified atom stereocenters. The van der Waals surface area contributed by atoms with Crippen LogP contribution in [0.4, 0.5) is 0 Å². The fraction of sp³-hybridized carbons (Fsp3) is 0.304. The number of aromatic nitrogens is 4. The zero-order chi connectivity index (χ0) is 19.0. The van der Waals surface area contributed by atoms with Gasteiger partial charge in [-0.15, -0.1) is 0 Å². The molecule has 0 N–H and O–H groups in total. The summed E-state index contributed by atoms with van der Waals surface area (Å²) in [7, 11) is 0. The predicted molar refractivity (Wildman–Crippen MR) is 109 cm³/mol. The van der Waals surface area contributed by atoms with Gasteiger partial charge in [0.15, 0.2) is 6.17 Å². The van der Waals surface area contributed by atoms with Gasteiger partial charge < -0.3 is 0 Å². The average Bonchev–Trinajstić information content (AvgIpc) is 3.35. The Morgan fingerprint density at radius 1 is 0.778 bits per heavy atom. The highest BCUT2D eigenvalue weighted by Crippen LogP contribution is 2.40. The molecule has 4 heteroatoms. The average molecular weight is 358 g/mol. The molecule has 4 nitrogen and oxygen atoms in total. The van der Waals surface area contributed by atoms with Crippen LogP contribution >= 0.6 is 0 Å². The summed E-state index contributed by atoms with van der Waals surface area (Å²) in [6.07, 6.45) is 8.80. The van der Waals surface area contributed by atoms with Crippen molar-refractivity contribution in [3.05, 3.63) is 95.1 Å². The van der Waals surface area contributed by atoms with Gasteiger partial charge in [0.05, 0.1) is 11.4 Å². The fourth-order valence-corrected chi connectivity index (χ4v) is 4.19. The Kier molecular flexibility index (Phi) is 4.56. The number of nitrogens with zero attached hydrogens (tertiary/aromatic N) is 4. The minimum Gasteiger partial charge on any atom is -0.244 e. The molecule has 3 aromatic rings. The molecule has 27 heavy (non-hydrogen) atoms. The Morgan fingerprint density at radius 2 is 1.30 bits per heavy atom. The van der Waals surface area contributed by atoms with E-state index in [9.17, 15) is 0 Å². The number of rotatable bonds is 5. The third-order valence-electron chi connectivity index (χ3n) is 5.29. The molecule has 4 rings (SSSR count). The zero-order valence-electron chi connectivity index (χ0n) is 16.4. The predicted octanol–water partition coefficient (Wildman–Crippen LogP) is 4.89. The Balaban J connectivity index is 1.94. The van der Waals surface area contributed by atoms with Crippen molar-refractivity contribution < 1.29 is 0 Å². The van der Waals surface area contributed by atoms with Crippen molar-refractivity contribution in [3.63, 3.8) is 0 Å². The lowest BCUT2D eigenvalue weighted by Gasteiger charge is -2.33. The summed E-state index contributed by atoms with van der Waals surface area (Å²) in [6, 6.07) is 15.0. The minimum absolute atomic E-state index is 0.0350. The molecule has 0 aliphatic heterocycles. The van der Waals surface area contributed by atoms with Crippen molar-refractivity contribution in [2.75, 3.05) is 0 Å². The summed E-state index contributed by atoms with van der Waals surface area (Å²) >= 11 is 0. The second-order valence-corrected chi connectivity index (χ2v) is 7.44. The Hall–Kier alpha value is -2.88. The lowest BCUT2D eigenvalue weighted by molar-refractivity contribution is 0.269. The van der Waals surface area contributed by atoms with Crippen LogP contribution in [0.1, 0.15) is 40.4 Å². The molecule has 2 heterocycles. The number of hydrogen-bond donors (Lipinski definition) is 0. The molecule has 0 radical (unpaired) electrons. The lowest BCUT2D eigenvalue weighted by Crippen LogP contribution is -2.31. The van der Waals surface area contributed by atoms with Gasteiger partial charge in [-0.25, -0.2) is 9.36 Å². The number of aryl methyl sites for hydroxylation is 4. The summed E-state index contributed by atoms with van der Waals surface area (Å²) in [6.45, 7) is 8.35. The number of benzene rings is 1. The Morgan fingerprint density at radius 3 is 1.74 bits per heavy atom. The summed E-state index contributed by atoms with van der Waals surface area (Å²) in [4.78, 5) is 0. The molecule has 2 aromatic heterocycles. The van der Waals surface area contributed by atoms with Crippen LogP contribution in [0, 0.1) is 33.6 Å². The lowest BCUT2D eigenvalue weighted by atomic mass is 9.84.